The molecule has 0 fully saturated rings. The molecule has 1 aromatic carbocycles. The van der Waals surface area contributed by atoms with Crippen LogP contribution in [0.3, 0.4) is 0 Å². The lowest BCUT2D eigenvalue weighted by molar-refractivity contribution is 0.538. The Morgan fingerprint density at radius 3 is 2.94 bits per heavy atom. The van der Waals surface area contributed by atoms with Crippen molar-refractivity contribution in [2.75, 3.05) is 6.54 Å². The highest BCUT2D eigenvalue weighted by Crippen LogP contribution is 2.17. The summed E-state index contributed by atoms with van der Waals surface area (Å²) in [5, 5.41) is 4.88. The summed E-state index contributed by atoms with van der Waals surface area (Å²) in [5.74, 6) is 0. The molecule has 0 aliphatic rings. The van der Waals surface area contributed by atoms with E-state index in [1.165, 1.54) is 22.9 Å². The molecule has 0 aliphatic carbocycles. The van der Waals surface area contributed by atoms with Crippen LogP contribution in [0.4, 0.5) is 0 Å². The quantitative estimate of drug-likeness (QED) is 0.789. The molecule has 0 bridgehead atoms. The van der Waals surface area contributed by atoms with Crippen molar-refractivity contribution < 1.29 is 0 Å². The normalized spacial score (nSPS) is 13.1. The van der Waals surface area contributed by atoms with E-state index in [4.69, 9.17) is 0 Å². The topological polar surface area (TPSA) is 27.8 Å². The fourth-order valence-corrected chi connectivity index (χ4v) is 1.94. The first kappa shape index (κ1) is 11.2. The lowest BCUT2D eigenvalue weighted by atomic mass is 10.1. The summed E-state index contributed by atoms with van der Waals surface area (Å²) in [5.41, 5.74) is 2.65. The molecule has 2 nitrogen and oxygen atoms in total. The molecule has 0 radical (unpaired) electrons. The zero-order chi connectivity index (χ0) is 11.4. The third kappa shape index (κ3) is 2.45. The molecule has 0 aliphatic heterocycles. The molecule has 2 N–H and O–H groups in total. The number of para-hydroxylation sites is 1. The monoisotopic (exact) mass is 216 g/mol. The standard InChI is InChI=1S/C14H20N2/c1-3-11(2)15-9-8-12-10-16-14-7-5-4-6-13(12)14/h4-7,10-11,15-16H,3,8-9H2,1-2H3. The first-order chi connectivity index (χ1) is 7.81. The van der Waals surface area contributed by atoms with Crippen LogP contribution in [-0.2, 0) is 6.42 Å². The van der Waals surface area contributed by atoms with Crippen LogP contribution >= 0.6 is 0 Å². The van der Waals surface area contributed by atoms with E-state index in [1.807, 2.05) is 0 Å². The van der Waals surface area contributed by atoms with Gasteiger partial charge in [0, 0.05) is 23.1 Å². The summed E-state index contributed by atoms with van der Waals surface area (Å²) in [6, 6.07) is 9.10. The Hall–Kier alpha value is -1.28. The highest BCUT2D eigenvalue weighted by Gasteiger charge is 2.03. The van der Waals surface area contributed by atoms with Gasteiger partial charge in [0.2, 0.25) is 0 Å². The van der Waals surface area contributed by atoms with E-state index in [1.54, 1.807) is 0 Å². The summed E-state index contributed by atoms with van der Waals surface area (Å²) >= 11 is 0. The van der Waals surface area contributed by atoms with Crippen molar-refractivity contribution in [1.29, 1.82) is 0 Å². The van der Waals surface area contributed by atoms with Crippen molar-refractivity contribution in [3.05, 3.63) is 36.0 Å². The SMILES string of the molecule is CCC(C)NCCc1c[nH]c2ccccc12. The van der Waals surface area contributed by atoms with E-state index in [9.17, 15) is 0 Å². The van der Waals surface area contributed by atoms with Crippen LogP contribution in [0.25, 0.3) is 10.9 Å². The van der Waals surface area contributed by atoms with Gasteiger partial charge in [-0.25, -0.2) is 0 Å². The number of nitrogens with one attached hydrogen (secondary N) is 2. The van der Waals surface area contributed by atoms with E-state index in [-0.39, 0.29) is 0 Å². The largest absolute Gasteiger partial charge is 0.361 e. The van der Waals surface area contributed by atoms with Gasteiger partial charge >= 0.3 is 0 Å². The van der Waals surface area contributed by atoms with Gasteiger partial charge < -0.3 is 10.3 Å². The summed E-state index contributed by atoms with van der Waals surface area (Å²) in [4.78, 5) is 3.31. The zero-order valence-electron chi connectivity index (χ0n) is 10.1. The lowest BCUT2D eigenvalue weighted by Crippen LogP contribution is -2.27. The molecule has 1 atom stereocenters. The maximum absolute atomic E-state index is 3.52. The highest BCUT2D eigenvalue weighted by atomic mass is 14.9. The average Bonchev–Trinajstić information content (AvgIpc) is 2.73. The van der Waals surface area contributed by atoms with Gasteiger partial charge in [-0.15, -0.1) is 0 Å². The molecule has 0 amide bonds. The second-order valence-electron chi connectivity index (χ2n) is 4.37. The van der Waals surface area contributed by atoms with Crippen LogP contribution in [0.1, 0.15) is 25.8 Å². The number of H-pyrrole nitrogens is 1. The molecule has 0 saturated heterocycles. The molecular formula is C14H20N2. The lowest BCUT2D eigenvalue weighted by Gasteiger charge is -2.10. The van der Waals surface area contributed by atoms with Gasteiger partial charge in [0.25, 0.3) is 0 Å². The number of aromatic nitrogens is 1. The van der Waals surface area contributed by atoms with Crippen molar-refractivity contribution in [2.24, 2.45) is 0 Å². The Morgan fingerprint density at radius 2 is 2.12 bits per heavy atom. The Labute approximate surface area is 97.1 Å². The van der Waals surface area contributed by atoms with Gasteiger partial charge in [-0.3, -0.25) is 0 Å². The minimum Gasteiger partial charge on any atom is -0.361 e. The predicted octanol–water partition coefficient (Wildman–Crippen LogP) is 3.10. The predicted molar refractivity (Wildman–Crippen MR) is 69.8 cm³/mol. The first-order valence-electron chi connectivity index (χ1n) is 6.09. The number of hydrogen-bond donors (Lipinski definition) is 2. The molecule has 1 heterocycles. The Bertz CT molecular complexity index is 445. The van der Waals surface area contributed by atoms with Crippen LogP contribution in [0.2, 0.25) is 0 Å². The molecule has 0 saturated carbocycles. The summed E-state index contributed by atoms with van der Waals surface area (Å²) in [6.07, 6.45) is 4.41. The van der Waals surface area contributed by atoms with E-state index in [2.05, 4.69) is 54.6 Å². The summed E-state index contributed by atoms with van der Waals surface area (Å²) < 4.78 is 0. The molecule has 1 aromatic heterocycles. The average molecular weight is 216 g/mol. The third-order valence-corrected chi connectivity index (χ3v) is 3.17. The third-order valence-electron chi connectivity index (χ3n) is 3.17. The summed E-state index contributed by atoms with van der Waals surface area (Å²) in [6.45, 7) is 5.50. The van der Waals surface area contributed by atoms with Gasteiger partial charge in [-0.05, 0) is 37.9 Å². The van der Waals surface area contributed by atoms with E-state index >= 15 is 0 Å². The fourth-order valence-electron chi connectivity index (χ4n) is 1.94. The molecular weight excluding hydrogens is 196 g/mol. The van der Waals surface area contributed by atoms with Crippen molar-refractivity contribution >= 4 is 10.9 Å². The molecule has 1 unspecified atom stereocenters. The molecule has 16 heavy (non-hydrogen) atoms. The highest BCUT2D eigenvalue weighted by molar-refractivity contribution is 5.83. The first-order valence-corrected chi connectivity index (χ1v) is 6.09. The van der Waals surface area contributed by atoms with E-state index < -0.39 is 0 Å². The van der Waals surface area contributed by atoms with Crippen molar-refractivity contribution in [2.45, 2.75) is 32.7 Å². The van der Waals surface area contributed by atoms with Gasteiger partial charge in [-0.2, -0.15) is 0 Å². The number of hydrogen-bond acceptors (Lipinski definition) is 1. The minimum atomic E-state index is 0.616. The van der Waals surface area contributed by atoms with E-state index in [0.717, 1.165) is 13.0 Å². The van der Waals surface area contributed by atoms with Gasteiger partial charge in [0.05, 0.1) is 0 Å². The molecule has 2 heteroatoms. The Kier molecular flexibility index (Phi) is 3.62. The second kappa shape index (κ2) is 5.17. The van der Waals surface area contributed by atoms with Crippen molar-refractivity contribution in [1.82, 2.24) is 10.3 Å². The Balaban J connectivity index is 1.99. The maximum atomic E-state index is 3.52. The van der Waals surface area contributed by atoms with Crippen LogP contribution in [0, 0.1) is 0 Å². The molecule has 86 valence electrons. The van der Waals surface area contributed by atoms with Crippen molar-refractivity contribution in [3.63, 3.8) is 0 Å². The van der Waals surface area contributed by atoms with E-state index in [0.29, 0.717) is 6.04 Å². The Morgan fingerprint density at radius 1 is 1.31 bits per heavy atom. The minimum absolute atomic E-state index is 0.616. The second-order valence-corrected chi connectivity index (χ2v) is 4.37. The fraction of sp³-hybridized carbons (Fsp3) is 0.429. The molecule has 2 aromatic rings. The number of benzene rings is 1. The number of rotatable bonds is 5. The van der Waals surface area contributed by atoms with Crippen molar-refractivity contribution in [3.8, 4) is 0 Å². The summed E-state index contributed by atoms with van der Waals surface area (Å²) in [7, 11) is 0. The van der Waals surface area contributed by atoms with Crippen LogP contribution in [-0.4, -0.2) is 17.6 Å². The molecule has 2 rings (SSSR count). The number of fused-ring (bicyclic) bond motifs is 1. The zero-order valence-corrected chi connectivity index (χ0v) is 10.1. The number of aromatic amines is 1. The maximum Gasteiger partial charge on any atom is 0.0456 e. The smallest absolute Gasteiger partial charge is 0.0456 e. The van der Waals surface area contributed by atoms with Crippen LogP contribution in [0.5, 0.6) is 0 Å². The van der Waals surface area contributed by atoms with Crippen LogP contribution < -0.4 is 5.32 Å². The van der Waals surface area contributed by atoms with Gasteiger partial charge in [0.15, 0.2) is 0 Å². The van der Waals surface area contributed by atoms with Gasteiger partial charge in [-0.1, -0.05) is 25.1 Å². The van der Waals surface area contributed by atoms with Crippen LogP contribution in [0.15, 0.2) is 30.5 Å². The van der Waals surface area contributed by atoms with Gasteiger partial charge in [0.1, 0.15) is 0 Å². The molecule has 0 spiro atoms.